The number of carbonyl (C=O) groups is 4. The van der Waals surface area contributed by atoms with Gasteiger partial charge in [0.15, 0.2) is 34.5 Å². The Bertz CT molecular complexity index is 1880. The molecule has 3 N–H and O–H groups in total. The second-order valence-electron chi connectivity index (χ2n) is 9.75. The van der Waals surface area contributed by atoms with Gasteiger partial charge in [0.2, 0.25) is 11.5 Å². The number of methoxy groups -OCH3 is 2. The highest BCUT2D eigenvalue weighted by molar-refractivity contribution is 6.26. The van der Waals surface area contributed by atoms with E-state index in [4.69, 9.17) is 23.4 Å². The average molecular weight is 580 g/mol. The second-order valence-corrected chi connectivity index (χ2v) is 9.75. The van der Waals surface area contributed by atoms with Crippen molar-refractivity contribution >= 4 is 34.3 Å². The van der Waals surface area contributed by atoms with Gasteiger partial charge in [-0.1, -0.05) is 0 Å². The molecule has 2 aromatic carbocycles. The van der Waals surface area contributed by atoms with Crippen LogP contribution < -0.4 is 15.1 Å². The summed E-state index contributed by atoms with van der Waals surface area (Å²) in [5.41, 5.74) is -2.08. The zero-order valence-electron chi connectivity index (χ0n) is 22.1. The molecule has 14 nitrogen and oxygen atoms in total. The Balaban J connectivity index is 1.51. The van der Waals surface area contributed by atoms with Crippen LogP contribution in [0.4, 0.5) is 0 Å². The number of carbonyl (C=O) groups excluding carboxylic acids is 4. The van der Waals surface area contributed by atoms with E-state index in [1.807, 2.05) is 0 Å². The van der Waals surface area contributed by atoms with Crippen LogP contribution in [0.25, 0.3) is 10.8 Å². The first-order valence-electron chi connectivity index (χ1n) is 12.3. The third-order valence-corrected chi connectivity index (χ3v) is 7.25. The van der Waals surface area contributed by atoms with Crippen LogP contribution in [-0.2, 0) is 25.4 Å². The average Bonchev–Trinajstić information content (AvgIpc) is 3.31. The van der Waals surface area contributed by atoms with Crippen molar-refractivity contribution in [3.8, 4) is 28.7 Å². The topological polar surface area (TPSA) is 205 Å². The molecular formula is C28H20O14. The minimum Gasteiger partial charge on any atom is -0.507 e. The third kappa shape index (κ3) is 3.68. The number of fused-ring (bicyclic) bond motifs is 4. The van der Waals surface area contributed by atoms with Crippen molar-refractivity contribution < 1.29 is 62.6 Å². The van der Waals surface area contributed by atoms with E-state index in [-0.39, 0.29) is 52.0 Å². The van der Waals surface area contributed by atoms with E-state index in [2.05, 4.69) is 4.74 Å². The lowest BCUT2D eigenvalue weighted by Crippen LogP contribution is -2.46. The molecule has 42 heavy (non-hydrogen) atoms. The fourth-order valence-electron chi connectivity index (χ4n) is 5.50. The quantitative estimate of drug-likeness (QED) is 0.300. The van der Waals surface area contributed by atoms with Gasteiger partial charge in [-0.25, -0.2) is 9.59 Å². The van der Waals surface area contributed by atoms with Gasteiger partial charge in [0.1, 0.15) is 17.2 Å². The number of Topliss-reactive ketones (excluding diaryl/α,β-unsaturated/α-hetero) is 1. The molecule has 0 saturated carbocycles. The molecule has 0 radical (unpaired) electrons. The number of benzene rings is 2. The number of phenolic OH excluding ortho intramolecular Hbond substituents is 3. The van der Waals surface area contributed by atoms with Crippen LogP contribution in [0.15, 0.2) is 33.2 Å². The Morgan fingerprint density at radius 1 is 0.976 bits per heavy atom. The molecule has 1 spiro atoms. The normalized spacial score (nSPS) is 20.2. The van der Waals surface area contributed by atoms with Crippen LogP contribution in [0.2, 0.25) is 0 Å². The second kappa shape index (κ2) is 8.99. The highest BCUT2D eigenvalue weighted by atomic mass is 16.7. The minimum absolute atomic E-state index is 0.0525. The zero-order chi connectivity index (χ0) is 30.2. The van der Waals surface area contributed by atoms with Crippen LogP contribution >= 0.6 is 0 Å². The van der Waals surface area contributed by atoms with Crippen molar-refractivity contribution in [2.75, 3.05) is 14.2 Å². The van der Waals surface area contributed by atoms with Crippen LogP contribution in [-0.4, -0.2) is 58.8 Å². The number of phenols is 3. The van der Waals surface area contributed by atoms with E-state index in [1.165, 1.54) is 6.07 Å². The van der Waals surface area contributed by atoms with Crippen LogP contribution in [0, 0.1) is 0 Å². The molecule has 2 unspecified atom stereocenters. The molecule has 1 aromatic heterocycles. The predicted molar refractivity (Wildman–Crippen MR) is 136 cm³/mol. The molecule has 2 atom stereocenters. The number of ketones is 2. The Morgan fingerprint density at radius 2 is 1.69 bits per heavy atom. The first-order valence-corrected chi connectivity index (χ1v) is 12.3. The number of ether oxygens (including phenoxy) is 5. The summed E-state index contributed by atoms with van der Waals surface area (Å²) < 4.78 is 32.1. The lowest BCUT2D eigenvalue weighted by Gasteiger charge is -2.38. The predicted octanol–water partition coefficient (Wildman–Crippen LogP) is 2.32. The Morgan fingerprint density at radius 3 is 2.36 bits per heavy atom. The van der Waals surface area contributed by atoms with Crippen molar-refractivity contribution in [1.82, 2.24) is 0 Å². The Hall–Kier alpha value is -5.53. The molecule has 0 saturated heterocycles. The smallest absolute Gasteiger partial charge is 0.374 e. The number of allylic oxidation sites excluding steroid dienone is 2. The number of hydrogen-bond acceptors (Lipinski definition) is 14. The molecule has 0 bridgehead atoms. The highest BCUT2D eigenvalue weighted by Crippen LogP contribution is 2.57. The third-order valence-electron chi connectivity index (χ3n) is 7.25. The molecular weight excluding hydrogens is 560 g/mol. The lowest BCUT2D eigenvalue weighted by molar-refractivity contribution is -0.167. The van der Waals surface area contributed by atoms with Crippen molar-refractivity contribution in [2.24, 2.45) is 0 Å². The van der Waals surface area contributed by atoms with Gasteiger partial charge < -0.3 is 43.4 Å². The molecule has 216 valence electrons. The van der Waals surface area contributed by atoms with E-state index < -0.39 is 75.2 Å². The van der Waals surface area contributed by atoms with Gasteiger partial charge in [-0.2, -0.15) is 0 Å². The summed E-state index contributed by atoms with van der Waals surface area (Å²) in [5.74, 6) is -8.85. The summed E-state index contributed by atoms with van der Waals surface area (Å²) in [5, 5.41) is 33.0. The molecule has 1 aliphatic carbocycles. The van der Waals surface area contributed by atoms with Crippen LogP contribution in [0.5, 0.6) is 28.7 Å². The van der Waals surface area contributed by atoms with Crippen LogP contribution in [0.1, 0.15) is 61.8 Å². The molecule has 3 aliphatic rings. The fourth-order valence-corrected chi connectivity index (χ4v) is 5.50. The summed E-state index contributed by atoms with van der Waals surface area (Å²) in [6.07, 6.45) is -0.903. The summed E-state index contributed by atoms with van der Waals surface area (Å²) in [6, 6.07) is 2.52. The zero-order valence-corrected chi connectivity index (χ0v) is 22.1. The summed E-state index contributed by atoms with van der Waals surface area (Å²) in [7, 11) is 2.25. The first kappa shape index (κ1) is 26.7. The molecule has 0 fully saturated rings. The van der Waals surface area contributed by atoms with Crippen molar-refractivity contribution in [3.05, 3.63) is 62.4 Å². The molecule has 6 rings (SSSR count). The van der Waals surface area contributed by atoms with Gasteiger partial charge in [0.05, 0.1) is 38.2 Å². The monoisotopic (exact) mass is 580 g/mol. The Kier molecular flexibility index (Phi) is 5.71. The minimum atomic E-state index is -1.87. The first-order chi connectivity index (χ1) is 19.9. The van der Waals surface area contributed by atoms with E-state index >= 15 is 0 Å². The molecule has 0 amide bonds. The number of hydrogen-bond donors (Lipinski definition) is 3. The summed E-state index contributed by atoms with van der Waals surface area (Å²) in [4.78, 5) is 62.5. The molecule has 3 heterocycles. The number of rotatable bonds is 3. The van der Waals surface area contributed by atoms with Gasteiger partial charge in [0.25, 0.3) is 5.79 Å². The molecule has 3 aromatic rings. The fraction of sp³-hybridized carbons (Fsp3) is 0.250. The van der Waals surface area contributed by atoms with Gasteiger partial charge >= 0.3 is 17.6 Å². The maximum absolute atomic E-state index is 12.9. The standard InChI is InChI=1S/C28H20O14/c1-9(29)39-16-8-28(41-24-11(16)4-10-5-15(26(35)38-3)40-27(36)17(10)22(24)33)7-12-20(31)18-13(30)6-14(37-2)21(32)19(18)23(34)25(12)42-28/h4-6,16,31,33-34H,7-8H2,1-3H3. The van der Waals surface area contributed by atoms with E-state index in [0.717, 1.165) is 33.3 Å². The molecule has 2 aliphatic heterocycles. The lowest BCUT2D eigenvalue weighted by atomic mass is 9.87. The van der Waals surface area contributed by atoms with Crippen molar-refractivity contribution in [3.63, 3.8) is 0 Å². The molecule has 14 heteroatoms. The van der Waals surface area contributed by atoms with E-state index in [9.17, 15) is 39.3 Å². The maximum atomic E-state index is 12.9. The Labute approximate surface area is 234 Å². The largest absolute Gasteiger partial charge is 0.507 e. The number of aromatic hydroxyl groups is 3. The SMILES string of the molecule is COC(=O)c1cc2cc3c(c(O)c2c(=O)o1)OC1(Cc2c(O)c4c(c(O)c2O1)C(=O)C(OC)=CC4=O)CC3OC(C)=O. The van der Waals surface area contributed by atoms with Gasteiger partial charge in [-0.3, -0.25) is 14.4 Å². The van der Waals surface area contributed by atoms with E-state index in [0.29, 0.717) is 0 Å². The maximum Gasteiger partial charge on any atom is 0.374 e. The van der Waals surface area contributed by atoms with Gasteiger partial charge in [0, 0.05) is 24.1 Å². The number of esters is 2. The van der Waals surface area contributed by atoms with Crippen molar-refractivity contribution in [2.45, 2.75) is 31.7 Å². The summed E-state index contributed by atoms with van der Waals surface area (Å²) >= 11 is 0. The highest BCUT2D eigenvalue weighted by Gasteiger charge is 2.53. The van der Waals surface area contributed by atoms with Crippen LogP contribution in [0.3, 0.4) is 0 Å². The van der Waals surface area contributed by atoms with E-state index in [1.54, 1.807) is 0 Å². The van der Waals surface area contributed by atoms with Gasteiger partial charge in [-0.05, 0) is 17.5 Å². The summed E-state index contributed by atoms with van der Waals surface area (Å²) in [6.45, 7) is 1.14. The van der Waals surface area contributed by atoms with Crippen molar-refractivity contribution in [1.29, 1.82) is 0 Å². The van der Waals surface area contributed by atoms with Gasteiger partial charge in [-0.15, -0.1) is 0 Å².